The van der Waals surface area contributed by atoms with Crippen LogP contribution in [0.5, 0.6) is 0 Å². The van der Waals surface area contributed by atoms with Crippen LogP contribution < -0.4 is 5.32 Å². The monoisotopic (exact) mass is 214 g/mol. The van der Waals surface area contributed by atoms with Crippen LogP contribution in [0.15, 0.2) is 5.38 Å². The third kappa shape index (κ3) is 3.08. The highest BCUT2D eigenvalue weighted by Gasteiger charge is 2.10. The van der Waals surface area contributed by atoms with E-state index in [0.29, 0.717) is 6.54 Å². The summed E-state index contributed by atoms with van der Waals surface area (Å²) in [5.41, 5.74) is 0.893. The summed E-state index contributed by atoms with van der Waals surface area (Å²) in [6.07, 6.45) is -0.408. The zero-order valence-electron chi connectivity index (χ0n) is 8.53. The Hall–Kier alpha value is -0.940. The van der Waals surface area contributed by atoms with Crippen molar-refractivity contribution in [2.45, 2.75) is 26.5 Å². The molecule has 0 spiro atoms. The maximum atomic E-state index is 11.3. The van der Waals surface area contributed by atoms with Crippen LogP contribution >= 0.6 is 11.3 Å². The molecular weight excluding hydrogens is 200 g/mol. The Bertz CT molecular complexity index is 312. The molecule has 1 atom stereocenters. The second kappa shape index (κ2) is 5.07. The van der Waals surface area contributed by atoms with E-state index in [4.69, 9.17) is 4.74 Å². The summed E-state index contributed by atoms with van der Waals surface area (Å²) >= 11 is 1.58. The topological polar surface area (TPSA) is 51.2 Å². The van der Waals surface area contributed by atoms with Crippen molar-refractivity contribution in [2.24, 2.45) is 0 Å². The Kier molecular flexibility index (Phi) is 4.03. The number of amides is 1. The number of nitrogens with zero attached hydrogens (tertiary/aromatic N) is 1. The molecule has 1 unspecified atom stereocenters. The average molecular weight is 214 g/mol. The molecule has 78 valence electrons. The molecular formula is C9H14N2O2S. The van der Waals surface area contributed by atoms with Gasteiger partial charge in [-0.25, -0.2) is 4.98 Å². The standard InChI is InChI=1S/C9H14N2O2S/c1-6(13-3)9(12)10-4-8-5-14-7(2)11-8/h5-6H,4H2,1-3H3,(H,10,12). The molecule has 1 rings (SSSR count). The van der Waals surface area contributed by atoms with Crippen LogP contribution in [0.25, 0.3) is 0 Å². The van der Waals surface area contributed by atoms with E-state index in [9.17, 15) is 4.79 Å². The van der Waals surface area contributed by atoms with Gasteiger partial charge in [0.25, 0.3) is 0 Å². The van der Waals surface area contributed by atoms with Gasteiger partial charge in [0.15, 0.2) is 0 Å². The molecule has 0 aliphatic rings. The second-order valence-electron chi connectivity index (χ2n) is 2.95. The molecule has 0 fully saturated rings. The van der Waals surface area contributed by atoms with Gasteiger partial charge in [-0.15, -0.1) is 11.3 Å². The predicted octanol–water partition coefficient (Wildman–Crippen LogP) is 1.10. The summed E-state index contributed by atoms with van der Waals surface area (Å²) in [7, 11) is 1.51. The maximum absolute atomic E-state index is 11.3. The Morgan fingerprint density at radius 2 is 2.50 bits per heavy atom. The van der Waals surface area contributed by atoms with E-state index in [0.717, 1.165) is 10.7 Å². The molecule has 0 aliphatic carbocycles. The third-order valence-corrected chi connectivity index (χ3v) is 2.66. The lowest BCUT2D eigenvalue weighted by Crippen LogP contribution is -2.33. The van der Waals surface area contributed by atoms with Gasteiger partial charge in [0.05, 0.1) is 17.2 Å². The summed E-state index contributed by atoms with van der Waals surface area (Å²) in [6.45, 7) is 4.12. The van der Waals surface area contributed by atoms with Gasteiger partial charge < -0.3 is 10.1 Å². The fourth-order valence-electron chi connectivity index (χ4n) is 0.918. The Balaban J connectivity index is 2.37. The SMILES string of the molecule is COC(C)C(=O)NCc1csc(C)n1. The van der Waals surface area contributed by atoms with Crippen molar-refractivity contribution in [3.8, 4) is 0 Å². The molecule has 0 aliphatic heterocycles. The Morgan fingerprint density at radius 3 is 3.00 bits per heavy atom. The number of rotatable bonds is 4. The molecule has 0 radical (unpaired) electrons. The van der Waals surface area contributed by atoms with Crippen LogP contribution in [0, 0.1) is 6.92 Å². The van der Waals surface area contributed by atoms with Crippen LogP contribution in [0.2, 0.25) is 0 Å². The fraction of sp³-hybridized carbons (Fsp3) is 0.556. The zero-order valence-corrected chi connectivity index (χ0v) is 9.35. The third-order valence-electron chi connectivity index (χ3n) is 1.83. The lowest BCUT2D eigenvalue weighted by molar-refractivity contribution is -0.130. The summed E-state index contributed by atoms with van der Waals surface area (Å²) in [5.74, 6) is -0.113. The molecule has 14 heavy (non-hydrogen) atoms. The number of methoxy groups -OCH3 is 1. The minimum absolute atomic E-state index is 0.113. The van der Waals surface area contributed by atoms with Gasteiger partial charge in [-0.2, -0.15) is 0 Å². The molecule has 0 bridgehead atoms. The van der Waals surface area contributed by atoms with E-state index in [2.05, 4.69) is 10.3 Å². The highest BCUT2D eigenvalue weighted by molar-refractivity contribution is 7.09. The van der Waals surface area contributed by atoms with E-state index in [-0.39, 0.29) is 5.91 Å². The summed E-state index contributed by atoms with van der Waals surface area (Å²) in [6, 6.07) is 0. The number of aromatic nitrogens is 1. The highest BCUT2D eigenvalue weighted by Crippen LogP contribution is 2.07. The van der Waals surface area contributed by atoms with Crippen LogP contribution in [0.3, 0.4) is 0 Å². The zero-order chi connectivity index (χ0) is 10.6. The van der Waals surface area contributed by atoms with Gasteiger partial charge in [-0.3, -0.25) is 4.79 Å². The number of aryl methyl sites for hydroxylation is 1. The first-order valence-corrected chi connectivity index (χ1v) is 5.23. The molecule has 4 nitrogen and oxygen atoms in total. The predicted molar refractivity (Wildman–Crippen MR) is 55.2 cm³/mol. The fourth-order valence-corrected chi connectivity index (χ4v) is 1.53. The lowest BCUT2D eigenvalue weighted by atomic mass is 10.3. The Morgan fingerprint density at radius 1 is 1.79 bits per heavy atom. The van der Waals surface area contributed by atoms with Gasteiger partial charge in [-0.05, 0) is 13.8 Å². The van der Waals surface area contributed by atoms with Crippen LogP contribution in [-0.2, 0) is 16.1 Å². The van der Waals surface area contributed by atoms with Crippen LogP contribution in [-0.4, -0.2) is 24.1 Å². The van der Waals surface area contributed by atoms with Crippen molar-refractivity contribution >= 4 is 17.2 Å². The molecule has 0 saturated heterocycles. The first-order valence-electron chi connectivity index (χ1n) is 4.35. The van der Waals surface area contributed by atoms with Crippen molar-refractivity contribution in [2.75, 3.05) is 7.11 Å². The Labute approximate surface area is 87.3 Å². The van der Waals surface area contributed by atoms with Gasteiger partial charge in [0.1, 0.15) is 6.10 Å². The minimum atomic E-state index is -0.408. The van der Waals surface area contributed by atoms with Crippen molar-refractivity contribution in [1.82, 2.24) is 10.3 Å². The van der Waals surface area contributed by atoms with Gasteiger partial charge in [-0.1, -0.05) is 0 Å². The number of carbonyl (C=O) groups excluding carboxylic acids is 1. The van der Waals surface area contributed by atoms with Gasteiger partial charge in [0, 0.05) is 12.5 Å². The quantitative estimate of drug-likeness (QED) is 0.816. The molecule has 1 aromatic rings. The smallest absolute Gasteiger partial charge is 0.249 e. The van der Waals surface area contributed by atoms with Crippen LogP contribution in [0.4, 0.5) is 0 Å². The molecule has 0 saturated carbocycles. The molecule has 1 N–H and O–H groups in total. The highest BCUT2D eigenvalue weighted by atomic mass is 32.1. The number of hydrogen-bond acceptors (Lipinski definition) is 4. The van der Waals surface area contributed by atoms with E-state index in [1.165, 1.54) is 7.11 Å². The second-order valence-corrected chi connectivity index (χ2v) is 4.02. The molecule has 1 heterocycles. The van der Waals surface area contributed by atoms with E-state index >= 15 is 0 Å². The number of hydrogen-bond donors (Lipinski definition) is 1. The molecule has 1 aromatic heterocycles. The minimum Gasteiger partial charge on any atom is -0.372 e. The summed E-state index contributed by atoms with van der Waals surface area (Å²) in [5, 5.41) is 5.69. The normalized spacial score (nSPS) is 12.5. The van der Waals surface area contributed by atoms with Crippen LogP contribution in [0.1, 0.15) is 17.6 Å². The van der Waals surface area contributed by atoms with Crippen molar-refractivity contribution in [1.29, 1.82) is 0 Å². The first kappa shape index (κ1) is 11.1. The number of carbonyl (C=O) groups is 1. The van der Waals surface area contributed by atoms with Gasteiger partial charge >= 0.3 is 0 Å². The van der Waals surface area contributed by atoms with E-state index < -0.39 is 6.10 Å². The maximum Gasteiger partial charge on any atom is 0.249 e. The average Bonchev–Trinajstić information content (AvgIpc) is 2.59. The number of nitrogens with one attached hydrogen (secondary N) is 1. The van der Waals surface area contributed by atoms with Crippen molar-refractivity contribution in [3.05, 3.63) is 16.1 Å². The number of ether oxygens (including phenoxy) is 1. The largest absolute Gasteiger partial charge is 0.372 e. The first-order chi connectivity index (χ1) is 6.63. The summed E-state index contributed by atoms with van der Waals surface area (Å²) in [4.78, 5) is 15.5. The van der Waals surface area contributed by atoms with E-state index in [1.54, 1.807) is 18.3 Å². The summed E-state index contributed by atoms with van der Waals surface area (Å²) < 4.78 is 4.88. The van der Waals surface area contributed by atoms with Crippen molar-refractivity contribution < 1.29 is 9.53 Å². The van der Waals surface area contributed by atoms with Crippen molar-refractivity contribution in [3.63, 3.8) is 0 Å². The lowest BCUT2D eigenvalue weighted by Gasteiger charge is -2.08. The number of thiazole rings is 1. The molecule has 1 amide bonds. The molecule has 0 aromatic carbocycles. The van der Waals surface area contributed by atoms with Gasteiger partial charge in [0.2, 0.25) is 5.91 Å². The molecule has 5 heteroatoms. The van der Waals surface area contributed by atoms with E-state index in [1.807, 2.05) is 12.3 Å².